The Morgan fingerprint density at radius 2 is 1.97 bits per heavy atom. The first kappa shape index (κ1) is 22.5. The van der Waals surface area contributed by atoms with Crippen LogP contribution in [0.3, 0.4) is 0 Å². The number of nitrogens with zero attached hydrogens (tertiary/aromatic N) is 5. The van der Waals surface area contributed by atoms with Crippen LogP contribution in [-0.2, 0) is 4.79 Å². The number of anilines is 4. The Hall–Kier alpha value is -4.17. The van der Waals surface area contributed by atoms with Crippen molar-refractivity contribution in [2.24, 2.45) is 0 Å². The van der Waals surface area contributed by atoms with Crippen molar-refractivity contribution in [1.82, 2.24) is 30.0 Å². The molecule has 0 aliphatic carbocycles. The second kappa shape index (κ2) is 9.32. The highest BCUT2D eigenvalue weighted by molar-refractivity contribution is 5.80. The summed E-state index contributed by atoms with van der Waals surface area (Å²) in [5, 5.41) is 11.0. The van der Waals surface area contributed by atoms with E-state index < -0.39 is 36.8 Å². The van der Waals surface area contributed by atoms with E-state index in [1.165, 1.54) is 7.11 Å². The highest BCUT2D eigenvalue weighted by atomic mass is 19.4. The number of halogens is 4. The van der Waals surface area contributed by atoms with Gasteiger partial charge in [0.15, 0.2) is 11.6 Å². The van der Waals surface area contributed by atoms with Crippen LogP contribution < -0.4 is 26.4 Å². The van der Waals surface area contributed by atoms with Crippen molar-refractivity contribution in [2.45, 2.75) is 6.18 Å². The molecule has 1 amide bonds. The van der Waals surface area contributed by atoms with Crippen LogP contribution in [0, 0.1) is 5.82 Å². The molecule has 11 nitrogen and oxygen atoms in total. The number of nitrogen functional groups attached to an aromatic ring is 1. The molecule has 2 aromatic heterocycles. The summed E-state index contributed by atoms with van der Waals surface area (Å²) in [5.74, 6) is -1.93. The number of carbonyl (C=O) groups is 1. The minimum Gasteiger partial charge on any atom is -0.497 e. The first-order valence-corrected chi connectivity index (χ1v) is 8.88. The number of methoxy groups -OCH3 is 1. The molecule has 15 heteroatoms. The van der Waals surface area contributed by atoms with Crippen LogP contribution >= 0.6 is 0 Å². The quantitative estimate of drug-likeness (QED) is 0.372. The fraction of sp³-hybridized carbons (Fsp3) is 0.235. The second-order valence-corrected chi connectivity index (χ2v) is 6.17. The zero-order valence-electron chi connectivity index (χ0n) is 16.4. The van der Waals surface area contributed by atoms with Gasteiger partial charge in [-0.1, -0.05) is 0 Å². The molecule has 174 valence electrons. The number of rotatable bonds is 8. The summed E-state index contributed by atoms with van der Waals surface area (Å²) in [7, 11) is 1.53. The van der Waals surface area contributed by atoms with Crippen LogP contribution in [0.4, 0.5) is 41.0 Å². The Kier molecular flexibility index (Phi) is 6.56. The van der Waals surface area contributed by atoms with Crippen LogP contribution in [0.15, 0.2) is 30.5 Å². The summed E-state index contributed by atoms with van der Waals surface area (Å²) in [4.78, 5) is 23.2. The standard InChI is InChI=1S/C17H17F4N9O2.2H2/c1-32-10-4-2-9(3-5-10)26-15-28-14(22)30(29-15)16-24-6-11(18)13(27-16)23-7-12(31)25-8-17(19,20)21;;/h2-6H,7-8H2,1H3,(H,25,31)(H,23,24,27)(H3,22,26,28,29);2*1H. The number of nitrogens with one attached hydrogen (secondary N) is 3. The molecule has 0 atom stereocenters. The lowest BCUT2D eigenvalue weighted by atomic mass is 10.3. The van der Waals surface area contributed by atoms with Crippen LogP contribution in [0.25, 0.3) is 5.95 Å². The zero-order valence-corrected chi connectivity index (χ0v) is 16.4. The molecule has 0 aliphatic rings. The summed E-state index contributed by atoms with van der Waals surface area (Å²) < 4.78 is 56.5. The van der Waals surface area contributed by atoms with Gasteiger partial charge in [-0.15, -0.1) is 5.10 Å². The van der Waals surface area contributed by atoms with Crippen molar-refractivity contribution in [1.29, 1.82) is 0 Å². The Bertz CT molecular complexity index is 1100. The summed E-state index contributed by atoms with van der Waals surface area (Å²) in [5.41, 5.74) is 6.46. The largest absolute Gasteiger partial charge is 0.497 e. The maximum Gasteiger partial charge on any atom is 0.405 e. The van der Waals surface area contributed by atoms with Gasteiger partial charge in [-0.3, -0.25) is 4.79 Å². The molecule has 3 aromatic rings. The number of hydrogen-bond acceptors (Lipinski definition) is 9. The van der Waals surface area contributed by atoms with Crippen molar-refractivity contribution in [3.05, 3.63) is 36.3 Å². The van der Waals surface area contributed by atoms with E-state index in [0.717, 1.165) is 10.9 Å². The summed E-state index contributed by atoms with van der Waals surface area (Å²) >= 11 is 0. The lowest BCUT2D eigenvalue weighted by Gasteiger charge is -2.10. The number of nitrogens with two attached hydrogens (primary N) is 1. The molecule has 0 aliphatic heterocycles. The van der Waals surface area contributed by atoms with E-state index in [4.69, 9.17) is 10.5 Å². The highest BCUT2D eigenvalue weighted by Crippen LogP contribution is 2.20. The Morgan fingerprint density at radius 3 is 2.62 bits per heavy atom. The zero-order chi connectivity index (χ0) is 23.3. The molecule has 2 heterocycles. The Balaban J connectivity index is 0.00000289. The SMILES string of the molecule is COc1ccc(Nc2nc(N)n(-c3ncc(F)c(NCC(=O)NCC(F)(F)F)n3)n2)cc1.[HH].[HH]. The van der Waals surface area contributed by atoms with E-state index in [1.54, 1.807) is 29.6 Å². The topological polar surface area (TPSA) is 145 Å². The van der Waals surface area contributed by atoms with E-state index >= 15 is 0 Å². The van der Waals surface area contributed by atoms with Gasteiger partial charge in [-0.05, 0) is 24.3 Å². The second-order valence-electron chi connectivity index (χ2n) is 6.17. The van der Waals surface area contributed by atoms with Gasteiger partial charge in [0.05, 0.1) is 19.9 Å². The molecule has 0 saturated carbocycles. The van der Waals surface area contributed by atoms with E-state index in [1.807, 2.05) is 0 Å². The molecule has 3 rings (SSSR count). The van der Waals surface area contributed by atoms with Gasteiger partial charge in [-0.2, -0.15) is 27.8 Å². The molecular formula is C17H21F4N9O2. The van der Waals surface area contributed by atoms with Gasteiger partial charge in [-0.25, -0.2) is 9.37 Å². The molecule has 0 saturated heterocycles. The highest BCUT2D eigenvalue weighted by Gasteiger charge is 2.27. The predicted molar refractivity (Wildman–Crippen MR) is 109 cm³/mol. The van der Waals surface area contributed by atoms with Crippen LogP contribution in [0.2, 0.25) is 0 Å². The van der Waals surface area contributed by atoms with Crippen LogP contribution in [0.1, 0.15) is 2.85 Å². The molecule has 0 radical (unpaired) electrons. The smallest absolute Gasteiger partial charge is 0.405 e. The third-order valence-corrected chi connectivity index (χ3v) is 3.80. The number of amides is 1. The van der Waals surface area contributed by atoms with Gasteiger partial charge >= 0.3 is 6.18 Å². The number of hydrogen-bond donors (Lipinski definition) is 4. The van der Waals surface area contributed by atoms with Gasteiger partial charge in [0.25, 0.3) is 5.95 Å². The molecule has 32 heavy (non-hydrogen) atoms. The first-order chi connectivity index (χ1) is 15.1. The van der Waals surface area contributed by atoms with Crippen molar-refractivity contribution in [3.63, 3.8) is 0 Å². The third-order valence-electron chi connectivity index (χ3n) is 3.80. The van der Waals surface area contributed by atoms with E-state index in [-0.39, 0.29) is 20.7 Å². The Morgan fingerprint density at radius 1 is 1.25 bits per heavy atom. The monoisotopic (exact) mass is 459 g/mol. The molecule has 1 aromatic carbocycles. The van der Waals surface area contributed by atoms with Gasteiger partial charge < -0.3 is 26.4 Å². The summed E-state index contributed by atoms with van der Waals surface area (Å²) in [6.07, 6.45) is -3.78. The normalized spacial score (nSPS) is 11.2. The fourth-order valence-electron chi connectivity index (χ4n) is 2.34. The molecule has 0 bridgehead atoms. The van der Waals surface area contributed by atoms with Gasteiger partial charge in [0, 0.05) is 8.54 Å². The molecule has 0 spiro atoms. The molecule has 0 fully saturated rings. The lowest BCUT2D eigenvalue weighted by Crippen LogP contribution is -2.37. The predicted octanol–water partition coefficient (Wildman–Crippen LogP) is 2.11. The Labute approximate surface area is 181 Å². The average molecular weight is 459 g/mol. The molecule has 5 N–H and O–H groups in total. The first-order valence-electron chi connectivity index (χ1n) is 8.88. The third kappa shape index (κ3) is 5.93. The van der Waals surface area contributed by atoms with Crippen molar-refractivity contribution >= 4 is 29.3 Å². The number of alkyl halides is 3. The lowest BCUT2D eigenvalue weighted by molar-refractivity contribution is -0.137. The molecular weight excluding hydrogens is 438 g/mol. The summed E-state index contributed by atoms with van der Waals surface area (Å²) in [6, 6.07) is 6.87. The van der Waals surface area contributed by atoms with E-state index in [0.29, 0.717) is 11.4 Å². The maximum absolute atomic E-state index is 14.0. The maximum atomic E-state index is 14.0. The van der Waals surface area contributed by atoms with Crippen LogP contribution in [0.5, 0.6) is 5.75 Å². The van der Waals surface area contributed by atoms with Crippen molar-refractivity contribution < 1.29 is 29.9 Å². The minimum absolute atomic E-state index is 0. The number of carbonyl (C=O) groups excluding carboxylic acids is 1. The van der Waals surface area contributed by atoms with Gasteiger partial charge in [0.1, 0.15) is 12.3 Å². The van der Waals surface area contributed by atoms with E-state index in [2.05, 4.69) is 30.7 Å². The number of benzene rings is 1. The average Bonchev–Trinajstić information content (AvgIpc) is 3.11. The minimum atomic E-state index is -4.56. The van der Waals surface area contributed by atoms with Gasteiger partial charge in [0.2, 0.25) is 17.8 Å². The number of ether oxygens (including phenoxy) is 1. The molecule has 0 unspecified atom stereocenters. The summed E-state index contributed by atoms with van der Waals surface area (Å²) in [6.45, 7) is -2.16. The van der Waals surface area contributed by atoms with Crippen molar-refractivity contribution in [2.75, 3.05) is 36.6 Å². The number of aromatic nitrogens is 5. The van der Waals surface area contributed by atoms with Crippen LogP contribution in [-0.4, -0.2) is 57.0 Å². The van der Waals surface area contributed by atoms with Crippen molar-refractivity contribution in [3.8, 4) is 11.7 Å². The fourth-order valence-corrected chi connectivity index (χ4v) is 2.34. The van der Waals surface area contributed by atoms with E-state index in [9.17, 15) is 22.4 Å².